The predicted molar refractivity (Wildman–Crippen MR) is 125 cm³/mol. The highest BCUT2D eigenvalue weighted by atomic mass is 35.5. The van der Waals surface area contributed by atoms with Crippen LogP contribution in [-0.2, 0) is 6.54 Å². The third-order valence-corrected chi connectivity index (χ3v) is 6.16. The zero-order valence-electron chi connectivity index (χ0n) is 18.0. The third-order valence-electron chi connectivity index (χ3n) is 5.92. The van der Waals surface area contributed by atoms with Crippen LogP contribution in [0.4, 0.5) is 0 Å². The normalized spacial score (nSPS) is 15.2. The molecule has 1 aliphatic rings. The number of benzene rings is 3. The summed E-state index contributed by atoms with van der Waals surface area (Å²) in [5, 5.41) is 10.8. The summed E-state index contributed by atoms with van der Waals surface area (Å²) >= 11 is 6.13. The van der Waals surface area contributed by atoms with Gasteiger partial charge in [-0.15, -0.1) is 0 Å². The van der Waals surface area contributed by atoms with E-state index in [1.54, 1.807) is 35.2 Å². The van der Waals surface area contributed by atoms with Crippen molar-refractivity contribution in [2.24, 2.45) is 0 Å². The van der Waals surface area contributed by atoms with Crippen molar-refractivity contribution in [3.63, 3.8) is 0 Å². The van der Waals surface area contributed by atoms with Gasteiger partial charge in [-0.25, -0.2) is 0 Å². The number of aryl methyl sites for hydroxylation is 1. The van der Waals surface area contributed by atoms with Crippen molar-refractivity contribution < 1.29 is 19.1 Å². The van der Waals surface area contributed by atoms with Gasteiger partial charge in [0.25, 0.3) is 5.91 Å². The fourth-order valence-electron chi connectivity index (χ4n) is 4.26. The SMILES string of the molecule is COc1cc([C@H]2c3c(oc4ccc(Cl)cc4c3=O)C(=O)N2Cc2ccc(C)cc2)ccc1O. The zero-order chi connectivity index (χ0) is 23.3. The van der Waals surface area contributed by atoms with Crippen molar-refractivity contribution in [2.75, 3.05) is 7.11 Å². The van der Waals surface area contributed by atoms with Gasteiger partial charge in [0.05, 0.1) is 24.1 Å². The van der Waals surface area contributed by atoms with Gasteiger partial charge in [0.15, 0.2) is 16.9 Å². The lowest BCUT2D eigenvalue weighted by Gasteiger charge is -2.25. The summed E-state index contributed by atoms with van der Waals surface area (Å²) in [5.74, 6) is -0.152. The molecule has 166 valence electrons. The molecule has 1 aliphatic heterocycles. The van der Waals surface area contributed by atoms with Crippen molar-refractivity contribution in [1.82, 2.24) is 4.90 Å². The van der Waals surface area contributed by atoms with Crippen molar-refractivity contribution >= 4 is 28.5 Å². The Morgan fingerprint density at radius 3 is 2.55 bits per heavy atom. The number of phenolic OH excluding ortho intramolecular Hbond substituents is 1. The Morgan fingerprint density at radius 1 is 1.06 bits per heavy atom. The molecule has 0 spiro atoms. The molecular weight excluding hydrogens is 442 g/mol. The van der Waals surface area contributed by atoms with Gasteiger partial charge >= 0.3 is 0 Å². The fourth-order valence-corrected chi connectivity index (χ4v) is 4.43. The molecule has 1 atom stereocenters. The first-order valence-electron chi connectivity index (χ1n) is 10.4. The number of carbonyl (C=O) groups is 1. The molecule has 1 aromatic heterocycles. The minimum absolute atomic E-state index is 0.0129. The number of nitrogens with zero attached hydrogens (tertiary/aromatic N) is 1. The van der Waals surface area contributed by atoms with Crippen LogP contribution in [0.25, 0.3) is 11.0 Å². The minimum Gasteiger partial charge on any atom is -0.504 e. The number of hydrogen-bond donors (Lipinski definition) is 1. The molecule has 3 aromatic carbocycles. The summed E-state index contributed by atoms with van der Waals surface area (Å²) < 4.78 is 11.2. The summed E-state index contributed by atoms with van der Waals surface area (Å²) in [7, 11) is 1.44. The van der Waals surface area contributed by atoms with Crippen LogP contribution >= 0.6 is 11.6 Å². The van der Waals surface area contributed by atoms with E-state index in [2.05, 4.69) is 0 Å². The average molecular weight is 462 g/mol. The Kier molecular flexibility index (Phi) is 5.10. The second-order valence-electron chi connectivity index (χ2n) is 8.07. The van der Waals surface area contributed by atoms with Crippen molar-refractivity contribution in [3.8, 4) is 11.5 Å². The maximum Gasteiger partial charge on any atom is 0.291 e. The molecule has 0 saturated carbocycles. The fraction of sp³-hybridized carbons (Fsp3) is 0.154. The van der Waals surface area contributed by atoms with Crippen LogP contribution in [0.3, 0.4) is 0 Å². The maximum atomic E-state index is 13.6. The van der Waals surface area contributed by atoms with Gasteiger partial charge in [-0.1, -0.05) is 47.5 Å². The Morgan fingerprint density at radius 2 is 1.82 bits per heavy atom. The Hall–Kier alpha value is -3.77. The average Bonchev–Trinajstić information content (AvgIpc) is 3.08. The van der Waals surface area contributed by atoms with E-state index in [4.69, 9.17) is 20.8 Å². The number of halogens is 1. The quantitative estimate of drug-likeness (QED) is 0.451. The van der Waals surface area contributed by atoms with E-state index in [0.29, 0.717) is 21.6 Å². The minimum atomic E-state index is -0.720. The molecule has 0 fully saturated rings. The van der Waals surface area contributed by atoms with Crippen LogP contribution in [0.1, 0.15) is 38.9 Å². The highest BCUT2D eigenvalue weighted by molar-refractivity contribution is 6.31. The highest BCUT2D eigenvalue weighted by Crippen LogP contribution is 2.41. The molecule has 0 bridgehead atoms. The largest absolute Gasteiger partial charge is 0.504 e. The summed E-state index contributed by atoms with van der Waals surface area (Å²) in [4.78, 5) is 28.7. The first-order chi connectivity index (χ1) is 15.9. The second-order valence-corrected chi connectivity index (χ2v) is 8.50. The van der Waals surface area contributed by atoms with Crippen LogP contribution in [0.2, 0.25) is 5.02 Å². The number of aromatic hydroxyl groups is 1. The molecule has 7 heteroatoms. The van der Waals surface area contributed by atoms with Gasteiger partial charge in [0, 0.05) is 11.6 Å². The highest BCUT2D eigenvalue weighted by Gasteiger charge is 2.43. The summed E-state index contributed by atoms with van der Waals surface area (Å²) in [6.45, 7) is 2.26. The summed E-state index contributed by atoms with van der Waals surface area (Å²) in [5.41, 5.74) is 2.88. The van der Waals surface area contributed by atoms with Gasteiger partial charge in [-0.3, -0.25) is 9.59 Å². The molecule has 33 heavy (non-hydrogen) atoms. The number of rotatable bonds is 4. The smallest absolute Gasteiger partial charge is 0.291 e. The van der Waals surface area contributed by atoms with E-state index in [-0.39, 0.29) is 40.7 Å². The molecule has 0 saturated heterocycles. The first kappa shape index (κ1) is 21.1. The first-order valence-corrected chi connectivity index (χ1v) is 10.7. The lowest BCUT2D eigenvalue weighted by molar-refractivity contribution is 0.0714. The second kappa shape index (κ2) is 7.98. The van der Waals surface area contributed by atoms with E-state index >= 15 is 0 Å². The molecule has 2 heterocycles. The Balaban J connectivity index is 1.73. The number of methoxy groups -OCH3 is 1. The number of carbonyl (C=O) groups excluding carboxylic acids is 1. The van der Waals surface area contributed by atoms with E-state index in [0.717, 1.165) is 11.1 Å². The number of hydrogen-bond acceptors (Lipinski definition) is 5. The summed E-state index contributed by atoms with van der Waals surface area (Å²) in [6, 6.07) is 16.7. The maximum absolute atomic E-state index is 13.6. The van der Waals surface area contributed by atoms with Crippen molar-refractivity contribution in [3.05, 3.63) is 104 Å². The van der Waals surface area contributed by atoms with Crippen molar-refractivity contribution in [1.29, 1.82) is 0 Å². The number of fused-ring (bicyclic) bond motifs is 2. The lowest BCUT2D eigenvalue weighted by atomic mass is 9.97. The Bertz CT molecular complexity index is 1460. The van der Waals surface area contributed by atoms with Crippen LogP contribution in [0, 0.1) is 6.92 Å². The topological polar surface area (TPSA) is 80.0 Å². The van der Waals surface area contributed by atoms with Crippen LogP contribution in [-0.4, -0.2) is 23.0 Å². The van der Waals surface area contributed by atoms with E-state index in [1.165, 1.54) is 13.2 Å². The van der Waals surface area contributed by atoms with Gasteiger partial charge in [0.1, 0.15) is 5.58 Å². The third kappa shape index (κ3) is 3.52. The van der Waals surface area contributed by atoms with Crippen LogP contribution in [0.5, 0.6) is 11.5 Å². The monoisotopic (exact) mass is 461 g/mol. The van der Waals surface area contributed by atoms with Gasteiger partial charge in [0.2, 0.25) is 5.76 Å². The number of amides is 1. The molecule has 4 aromatic rings. The van der Waals surface area contributed by atoms with E-state index in [9.17, 15) is 14.7 Å². The standard InChI is InChI=1S/C26H20ClNO5/c1-14-3-5-15(6-4-14)13-28-23(16-7-9-19(29)21(11-16)32-2)22-24(30)18-12-17(27)8-10-20(18)33-25(22)26(28)31/h3-12,23,29H,13H2,1-2H3/t23-/m0/s1. The number of ether oxygens (including phenoxy) is 1. The zero-order valence-corrected chi connectivity index (χ0v) is 18.7. The van der Waals surface area contributed by atoms with Gasteiger partial charge < -0.3 is 19.2 Å². The predicted octanol–water partition coefficient (Wildman–Crippen LogP) is 5.21. The molecule has 0 unspecified atom stereocenters. The van der Waals surface area contributed by atoms with E-state index in [1.807, 2.05) is 31.2 Å². The van der Waals surface area contributed by atoms with Crippen molar-refractivity contribution in [2.45, 2.75) is 19.5 Å². The molecule has 1 N–H and O–H groups in total. The van der Waals surface area contributed by atoms with Gasteiger partial charge in [-0.2, -0.15) is 0 Å². The molecule has 5 rings (SSSR count). The molecular formula is C26H20ClNO5. The van der Waals surface area contributed by atoms with Gasteiger partial charge in [-0.05, 0) is 48.4 Å². The number of phenols is 1. The molecule has 6 nitrogen and oxygen atoms in total. The van der Waals surface area contributed by atoms with Crippen LogP contribution in [0.15, 0.2) is 69.9 Å². The molecule has 0 aliphatic carbocycles. The van der Waals surface area contributed by atoms with E-state index < -0.39 is 6.04 Å². The molecule has 0 radical (unpaired) electrons. The lowest BCUT2D eigenvalue weighted by Crippen LogP contribution is -2.29. The molecule has 1 amide bonds. The van der Waals surface area contributed by atoms with Crippen LogP contribution < -0.4 is 10.2 Å². The Labute approximate surface area is 194 Å². The summed E-state index contributed by atoms with van der Waals surface area (Å²) in [6.07, 6.45) is 0.